The van der Waals surface area contributed by atoms with E-state index >= 15 is 0 Å². The fraction of sp³-hybridized carbons (Fsp3) is 0.778. The Balaban J connectivity index is 1.17. The first-order chi connectivity index (χ1) is 11.7. The van der Waals surface area contributed by atoms with Crippen LogP contribution in [0.5, 0.6) is 0 Å². The number of carbonyl (C=O) groups is 2. The lowest BCUT2D eigenvalue weighted by Crippen LogP contribution is -2.25. The Kier molecular flexibility index (Phi) is 4.37. The maximum absolute atomic E-state index is 11.8. The summed E-state index contributed by atoms with van der Waals surface area (Å²) in [5.41, 5.74) is 7.52. The molecule has 4 bridgehead atoms. The molecule has 0 aromatic heterocycles. The van der Waals surface area contributed by atoms with Crippen LogP contribution in [0.1, 0.15) is 64.2 Å². The highest BCUT2D eigenvalue weighted by molar-refractivity contribution is 5.92. The maximum Gasteiger partial charge on any atom is 0.240 e. The van der Waals surface area contributed by atoms with Crippen molar-refractivity contribution in [2.24, 2.45) is 33.9 Å². The van der Waals surface area contributed by atoms with E-state index in [1.807, 2.05) is 0 Å². The smallest absolute Gasteiger partial charge is 0.240 e. The predicted molar refractivity (Wildman–Crippen MR) is 91.3 cm³/mol. The number of hydrogen-bond donors (Lipinski definition) is 2. The summed E-state index contributed by atoms with van der Waals surface area (Å²) in [4.78, 5) is 23.7. The van der Waals surface area contributed by atoms with Gasteiger partial charge in [0.25, 0.3) is 0 Å². The maximum atomic E-state index is 11.8. The molecule has 0 aliphatic heterocycles. The van der Waals surface area contributed by atoms with Crippen molar-refractivity contribution in [1.82, 2.24) is 10.9 Å². The SMILES string of the molecule is O=C(CCC(=O)NN=C1CC2CCC1C2)NN=C1CC2CCC1C2. The van der Waals surface area contributed by atoms with Crippen molar-refractivity contribution in [1.29, 1.82) is 0 Å². The summed E-state index contributed by atoms with van der Waals surface area (Å²) >= 11 is 0. The summed E-state index contributed by atoms with van der Waals surface area (Å²) in [6.45, 7) is 0. The molecule has 0 heterocycles. The molecular weight excluding hydrogens is 304 g/mol. The molecule has 2 N–H and O–H groups in total. The highest BCUT2D eigenvalue weighted by Crippen LogP contribution is 2.43. The quantitative estimate of drug-likeness (QED) is 0.759. The molecule has 4 saturated carbocycles. The Morgan fingerprint density at radius 1 is 0.792 bits per heavy atom. The number of nitrogens with zero attached hydrogens (tertiary/aromatic N) is 2. The molecule has 0 aromatic carbocycles. The van der Waals surface area contributed by atoms with Crippen LogP contribution in [-0.2, 0) is 9.59 Å². The van der Waals surface area contributed by atoms with E-state index in [0.717, 1.165) is 36.1 Å². The van der Waals surface area contributed by atoms with Gasteiger partial charge in [0.15, 0.2) is 0 Å². The van der Waals surface area contributed by atoms with E-state index in [9.17, 15) is 9.59 Å². The lowest BCUT2D eigenvalue weighted by Gasteiger charge is -2.12. The number of carbonyl (C=O) groups excluding carboxylic acids is 2. The van der Waals surface area contributed by atoms with Gasteiger partial charge in [-0.3, -0.25) is 9.59 Å². The van der Waals surface area contributed by atoms with E-state index in [2.05, 4.69) is 21.1 Å². The standard InChI is InChI=1S/C18H26N4O2/c23-17(21-19-15-9-11-1-3-13(15)7-11)5-6-18(24)22-20-16-10-12-2-4-14(16)8-12/h11-14H,1-10H2,(H,21,23)(H,22,24). The molecule has 4 atom stereocenters. The number of hydrazone groups is 2. The van der Waals surface area contributed by atoms with E-state index < -0.39 is 0 Å². The second-order valence-corrected chi connectivity index (χ2v) is 7.94. The zero-order chi connectivity index (χ0) is 16.5. The Hall–Kier alpha value is -1.72. The van der Waals surface area contributed by atoms with Crippen molar-refractivity contribution in [3.05, 3.63) is 0 Å². The lowest BCUT2D eigenvalue weighted by molar-refractivity contribution is -0.126. The first-order valence-corrected chi connectivity index (χ1v) is 9.38. The zero-order valence-electron chi connectivity index (χ0n) is 14.1. The summed E-state index contributed by atoms with van der Waals surface area (Å²) in [5.74, 6) is 2.34. The van der Waals surface area contributed by atoms with Gasteiger partial charge in [-0.1, -0.05) is 0 Å². The third-order valence-corrected chi connectivity index (χ3v) is 6.25. The average Bonchev–Trinajstić information content (AvgIpc) is 3.36. The van der Waals surface area contributed by atoms with Gasteiger partial charge in [0, 0.05) is 24.3 Å². The normalized spacial score (nSPS) is 36.7. The molecule has 4 rings (SSSR count). The molecule has 24 heavy (non-hydrogen) atoms. The van der Waals surface area contributed by atoms with Crippen LogP contribution in [0.4, 0.5) is 0 Å². The molecule has 4 fully saturated rings. The van der Waals surface area contributed by atoms with Crippen LogP contribution >= 0.6 is 0 Å². The molecule has 6 heteroatoms. The molecule has 4 aliphatic carbocycles. The van der Waals surface area contributed by atoms with Gasteiger partial charge >= 0.3 is 0 Å². The molecule has 4 unspecified atom stereocenters. The molecule has 2 amide bonds. The fourth-order valence-corrected chi connectivity index (χ4v) is 4.93. The number of hydrogen-bond acceptors (Lipinski definition) is 4. The molecule has 130 valence electrons. The highest BCUT2D eigenvalue weighted by atomic mass is 16.2. The average molecular weight is 330 g/mol. The Bertz CT molecular complexity index is 546. The van der Waals surface area contributed by atoms with Gasteiger partial charge in [0.1, 0.15) is 0 Å². The number of rotatable bonds is 5. The van der Waals surface area contributed by atoms with E-state index in [0.29, 0.717) is 11.8 Å². The summed E-state index contributed by atoms with van der Waals surface area (Å²) < 4.78 is 0. The van der Waals surface area contributed by atoms with Crippen LogP contribution in [-0.4, -0.2) is 23.2 Å². The Morgan fingerprint density at radius 3 is 1.58 bits per heavy atom. The minimum absolute atomic E-state index is 0.160. The zero-order valence-corrected chi connectivity index (χ0v) is 14.1. The van der Waals surface area contributed by atoms with Crippen molar-refractivity contribution in [2.45, 2.75) is 64.2 Å². The Labute approximate surface area is 142 Å². The summed E-state index contributed by atoms with van der Waals surface area (Å²) in [6.07, 6.45) is 9.90. The van der Waals surface area contributed by atoms with Crippen molar-refractivity contribution in [3.63, 3.8) is 0 Å². The number of nitrogens with one attached hydrogen (secondary N) is 2. The molecule has 0 radical (unpaired) electrons. The van der Waals surface area contributed by atoms with Crippen molar-refractivity contribution >= 4 is 23.2 Å². The third-order valence-electron chi connectivity index (χ3n) is 6.25. The molecular formula is C18H26N4O2. The van der Waals surface area contributed by atoms with Gasteiger partial charge in [-0.2, -0.15) is 10.2 Å². The van der Waals surface area contributed by atoms with Crippen molar-refractivity contribution < 1.29 is 9.59 Å². The number of fused-ring (bicyclic) bond motifs is 4. The minimum Gasteiger partial charge on any atom is -0.273 e. The van der Waals surface area contributed by atoms with Gasteiger partial charge in [0.05, 0.1) is 0 Å². The van der Waals surface area contributed by atoms with E-state index in [4.69, 9.17) is 0 Å². The van der Waals surface area contributed by atoms with Crippen molar-refractivity contribution in [2.75, 3.05) is 0 Å². The minimum atomic E-state index is -0.187. The monoisotopic (exact) mass is 330 g/mol. The molecule has 6 nitrogen and oxygen atoms in total. The summed E-state index contributed by atoms with van der Waals surface area (Å²) in [7, 11) is 0. The van der Waals surface area contributed by atoms with Gasteiger partial charge in [-0.05, 0) is 75.0 Å². The van der Waals surface area contributed by atoms with Gasteiger partial charge in [0.2, 0.25) is 11.8 Å². The second kappa shape index (κ2) is 6.65. The summed E-state index contributed by atoms with van der Waals surface area (Å²) in [5, 5.41) is 8.55. The van der Waals surface area contributed by atoms with Crippen LogP contribution in [0, 0.1) is 23.7 Å². The lowest BCUT2D eigenvalue weighted by atomic mass is 9.99. The van der Waals surface area contributed by atoms with Crippen LogP contribution in [0.15, 0.2) is 10.2 Å². The van der Waals surface area contributed by atoms with Gasteiger partial charge in [-0.15, -0.1) is 0 Å². The van der Waals surface area contributed by atoms with E-state index in [1.165, 1.54) is 38.5 Å². The van der Waals surface area contributed by atoms with Crippen LogP contribution in [0.2, 0.25) is 0 Å². The molecule has 0 spiro atoms. The fourth-order valence-electron chi connectivity index (χ4n) is 4.93. The Morgan fingerprint density at radius 2 is 1.25 bits per heavy atom. The molecule has 0 saturated heterocycles. The summed E-state index contributed by atoms with van der Waals surface area (Å²) in [6, 6.07) is 0. The highest BCUT2D eigenvalue weighted by Gasteiger charge is 2.37. The van der Waals surface area contributed by atoms with E-state index in [1.54, 1.807) is 0 Å². The second-order valence-electron chi connectivity index (χ2n) is 7.94. The molecule has 0 aromatic rings. The first kappa shape index (κ1) is 15.8. The first-order valence-electron chi connectivity index (χ1n) is 9.38. The topological polar surface area (TPSA) is 82.9 Å². The number of amides is 2. The third kappa shape index (κ3) is 3.37. The molecule has 4 aliphatic rings. The van der Waals surface area contributed by atoms with Crippen LogP contribution in [0.25, 0.3) is 0 Å². The van der Waals surface area contributed by atoms with Gasteiger partial charge < -0.3 is 0 Å². The largest absolute Gasteiger partial charge is 0.273 e. The van der Waals surface area contributed by atoms with Gasteiger partial charge in [-0.25, -0.2) is 10.9 Å². The van der Waals surface area contributed by atoms with Crippen LogP contribution < -0.4 is 10.9 Å². The van der Waals surface area contributed by atoms with E-state index in [-0.39, 0.29) is 24.7 Å². The van der Waals surface area contributed by atoms with Crippen molar-refractivity contribution in [3.8, 4) is 0 Å². The van der Waals surface area contributed by atoms with Crippen LogP contribution in [0.3, 0.4) is 0 Å². The predicted octanol–water partition coefficient (Wildman–Crippen LogP) is 2.35.